The second kappa shape index (κ2) is 11.0. The Bertz CT molecular complexity index is 786. The van der Waals surface area contributed by atoms with Crippen LogP contribution in [0.4, 0.5) is 0 Å². The molecule has 1 heteroatoms. The fourth-order valence-corrected chi connectivity index (χ4v) is 5.00. The molecule has 3 rings (SSSR count). The molecule has 0 aromatic heterocycles. The van der Waals surface area contributed by atoms with E-state index in [1.165, 1.54) is 68.1 Å². The third-order valence-corrected chi connectivity index (χ3v) is 6.78. The highest BCUT2D eigenvalue weighted by Gasteiger charge is 2.27. The fraction of sp³-hybridized carbons (Fsp3) is 0.464. The SMILES string of the molecule is C=CCC(c1ccc(-c2ccc(C#N)cc2)cc1)[C@H]1CC[C@H](CCCCC)CC1. The lowest BCUT2D eigenvalue weighted by Gasteiger charge is -2.34. The average Bonchev–Trinajstić information content (AvgIpc) is 2.78. The smallest absolute Gasteiger partial charge is 0.0991 e. The maximum Gasteiger partial charge on any atom is 0.0991 e. The molecule has 1 saturated carbocycles. The van der Waals surface area contributed by atoms with Crippen molar-refractivity contribution in [2.75, 3.05) is 0 Å². The van der Waals surface area contributed by atoms with E-state index in [1.807, 2.05) is 24.3 Å². The lowest BCUT2D eigenvalue weighted by molar-refractivity contribution is 0.230. The molecule has 1 aliphatic carbocycles. The van der Waals surface area contributed by atoms with Crippen LogP contribution in [-0.2, 0) is 0 Å². The Labute approximate surface area is 177 Å². The molecule has 0 radical (unpaired) electrons. The Morgan fingerprint density at radius 1 is 0.966 bits per heavy atom. The third-order valence-electron chi connectivity index (χ3n) is 6.78. The summed E-state index contributed by atoms with van der Waals surface area (Å²) in [6.07, 6.45) is 14.3. The zero-order valence-corrected chi connectivity index (χ0v) is 17.9. The van der Waals surface area contributed by atoms with Crippen molar-refractivity contribution >= 4 is 0 Å². The van der Waals surface area contributed by atoms with E-state index in [9.17, 15) is 0 Å². The predicted molar refractivity (Wildman–Crippen MR) is 124 cm³/mol. The summed E-state index contributed by atoms with van der Waals surface area (Å²) >= 11 is 0. The van der Waals surface area contributed by atoms with Gasteiger partial charge in [0.1, 0.15) is 0 Å². The highest BCUT2D eigenvalue weighted by Crippen LogP contribution is 2.41. The predicted octanol–water partition coefficient (Wildman–Crippen LogP) is 8.27. The van der Waals surface area contributed by atoms with Crippen molar-refractivity contribution in [1.82, 2.24) is 0 Å². The van der Waals surface area contributed by atoms with Crippen LogP contribution in [0.3, 0.4) is 0 Å². The van der Waals surface area contributed by atoms with E-state index < -0.39 is 0 Å². The molecule has 0 bridgehead atoms. The van der Waals surface area contributed by atoms with Gasteiger partial charge in [-0.2, -0.15) is 5.26 Å². The summed E-state index contributed by atoms with van der Waals surface area (Å²) in [7, 11) is 0. The van der Waals surface area contributed by atoms with E-state index in [0.717, 1.165) is 18.3 Å². The Morgan fingerprint density at radius 2 is 1.59 bits per heavy atom. The van der Waals surface area contributed by atoms with E-state index in [1.54, 1.807) is 0 Å². The van der Waals surface area contributed by atoms with Gasteiger partial charge in [-0.25, -0.2) is 0 Å². The van der Waals surface area contributed by atoms with E-state index in [2.05, 4.69) is 49.9 Å². The van der Waals surface area contributed by atoms with Gasteiger partial charge < -0.3 is 0 Å². The minimum absolute atomic E-state index is 0.596. The summed E-state index contributed by atoms with van der Waals surface area (Å²) < 4.78 is 0. The van der Waals surface area contributed by atoms with Gasteiger partial charge in [0.2, 0.25) is 0 Å². The molecule has 2 aromatic rings. The summed E-state index contributed by atoms with van der Waals surface area (Å²) in [5.41, 5.74) is 4.55. The molecule has 0 saturated heterocycles. The Balaban J connectivity index is 1.64. The van der Waals surface area contributed by atoms with Crippen LogP contribution >= 0.6 is 0 Å². The van der Waals surface area contributed by atoms with Gasteiger partial charge >= 0.3 is 0 Å². The van der Waals surface area contributed by atoms with E-state index in [0.29, 0.717) is 11.5 Å². The van der Waals surface area contributed by atoms with Gasteiger partial charge in [-0.05, 0) is 65.8 Å². The molecule has 0 amide bonds. The van der Waals surface area contributed by atoms with Gasteiger partial charge in [0.05, 0.1) is 11.6 Å². The zero-order valence-electron chi connectivity index (χ0n) is 17.9. The van der Waals surface area contributed by atoms with Crippen molar-refractivity contribution in [3.05, 3.63) is 72.3 Å². The number of hydrogen-bond donors (Lipinski definition) is 0. The number of hydrogen-bond acceptors (Lipinski definition) is 1. The van der Waals surface area contributed by atoms with Crippen LogP contribution in [0.25, 0.3) is 11.1 Å². The maximum absolute atomic E-state index is 8.98. The van der Waals surface area contributed by atoms with Crippen LogP contribution in [0.1, 0.15) is 81.8 Å². The molecular weight excluding hydrogens is 350 g/mol. The van der Waals surface area contributed by atoms with Crippen LogP contribution in [0.2, 0.25) is 0 Å². The molecule has 1 fully saturated rings. The normalized spacial score (nSPS) is 20.0. The lowest BCUT2D eigenvalue weighted by Crippen LogP contribution is -2.20. The molecule has 1 aliphatic rings. The number of rotatable bonds is 9. The van der Waals surface area contributed by atoms with Crippen LogP contribution in [-0.4, -0.2) is 0 Å². The lowest BCUT2D eigenvalue weighted by atomic mass is 9.71. The van der Waals surface area contributed by atoms with Crippen molar-refractivity contribution in [2.45, 2.75) is 70.6 Å². The number of nitrogens with zero attached hydrogens (tertiary/aromatic N) is 1. The average molecular weight is 386 g/mol. The summed E-state index contributed by atoms with van der Waals surface area (Å²) in [6, 6.07) is 19.2. The Morgan fingerprint density at radius 3 is 2.14 bits per heavy atom. The summed E-state index contributed by atoms with van der Waals surface area (Å²) in [6.45, 7) is 6.34. The monoisotopic (exact) mass is 385 g/mol. The molecule has 29 heavy (non-hydrogen) atoms. The van der Waals surface area contributed by atoms with Gasteiger partial charge in [-0.15, -0.1) is 6.58 Å². The molecule has 0 heterocycles. The number of benzene rings is 2. The second-order valence-corrected chi connectivity index (χ2v) is 8.72. The highest BCUT2D eigenvalue weighted by molar-refractivity contribution is 5.64. The standard InChI is InChI=1S/C28H35N/c1-3-5-6-8-22-9-15-26(16-10-22)28(7-4-2)27-19-17-25(18-20-27)24-13-11-23(21-29)12-14-24/h4,11-14,17-20,22,26,28H,2-3,5-10,15-16H2,1H3/t22-,26-,28?. The molecule has 1 atom stereocenters. The van der Waals surface area contributed by atoms with Gasteiger partial charge in [0, 0.05) is 0 Å². The largest absolute Gasteiger partial charge is 0.192 e. The van der Waals surface area contributed by atoms with Crippen LogP contribution < -0.4 is 0 Å². The first-order valence-electron chi connectivity index (χ1n) is 11.5. The fourth-order valence-electron chi connectivity index (χ4n) is 5.00. The van der Waals surface area contributed by atoms with Gasteiger partial charge in [-0.3, -0.25) is 0 Å². The molecule has 2 aromatic carbocycles. The molecule has 0 spiro atoms. The van der Waals surface area contributed by atoms with Gasteiger partial charge in [-0.1, -0.05) is 87.9 Å². The van der Waals surface area contributed by atoms with Crippen LogP contribution in [0.5, 0.6) is 0 Å². The van der Waals surface area contributed by atoms with Gasteiger partial charge in [0.15, 0.2) is 0 Å². The van der Waals surface area contributed by atoms with Crippen molar-refractivity contribution in [2.24, 2.45) is 11.8 Å². The number of allylic oxidation sites excluding steroid dienone is 1. The van der Waals surface area contributed by atoms with Crippen molar-refractivity contribution in [1.29, 1.82) is 5.26 Å². The van der Waals surface area contributed by atoms with Crippen molar-refractivity contribution in [3.63, 3.8) is 0 Å². The highest BCUT2D eigenvalue weighted by atomic mass is 14.3. The van der Waals surface area contributed by atoms with Crippen molar-refractivity contribution < 1.29 is 0 Å². The third kappa shape index (κ3) is 5.83. The molecular formula is C28H35N. The van der Waals surface area contributed by atoms with Crippen LogP contribution in [0.15, 0.2) is 61.2 Å². The molecule has 1 nitrogen and oxygen atoms in total. The van der Waals surface area contributed by atoms with E-state index in [-0.39, 0.29) is 0 Å². The molecule has 152 valence electrons. The number of unbranched alkanes of at least 4 members (excludes halogenated alkanes) is 2. The maximum atomic E-state index is 8.98. The first-order valence-corrected chi connectivity index (χ1v) is 11.5. The van der Waals surface area contributed by atoms with Crippen molar-refractivity contribution in [3.8, 4) is 17.2 Å². The number of nitriles is 1. The first-order chi connectivity index (χ1) is 14.2. The molecule has 0 N–H and O–H groups in total. The summed E-state index contributed by atoms with van der Waals surface area (Å²) in [4.78, 5) is 0. The van der Waals surface area contributed by atoms with Crippen LogP contribution in [0, 0.1) is 23.2 Å². The molecule has 1 unspecified atom stereocenters. The minimum Gasteiger partial charge on any atom is -0.192 e. The Hall–Kier alpha value is -2.33. The second-order valence-electron chi connectivity index (χ2n) is 8.72. The first kappa shape index (κ1) is 21.4. The summed E-state index contributed by atoms with van der Waals surface area (Å²) in [5.74, 6) is 2.34. The topological polar surface area (TPSA) is 23.8 Å². The minimum atomic E-state index is 0.596. The molecule has 0 aliphatic heterocycles. The quantitative estimate of drug-likeness (QED) is 0.315. The van der Waals surface area contributed by atoms with Gasteiger partial charge in [0.25, 0.3) is 0 Å². The van der Waals surface area contributed by atoms with E-state index in [4.69, 9.17) is 5.26 Å². The zero-order chi connectivity index (χ0) is 20.5. The Kier molecular flexibility index (Phi) is 8.12. The van der Waals surface area contributed by atoms with E-state index >= 15 is 0 Å². The summed E-state index contributed by atoms with van der Waals surface area (Å²) in [5, 5.41) is 8.98.